The van der Waals surface area contributed by atoms with Crippen molar-refractivity contribution in [3.8, 4) is 11.8 Å². The summed E-state index contributed by atoms with van der Waals surface area (Å²) < 4.78 is 0. The molecule has 1 amide bonds. The summed E-state index contributed by atoms with van der Waals surface area (Å²) in [6.45, 7) is 2.57. The topological polar surface area (TPSA) is 85.2 Å². The summed E-state index contributed by atoms with van der Waals surface area (Å²) in [5, 5.41) is 23.8. The van der Waals surface area contributed by atoms with Gasteiger partial charge in [0, 0.05) is 12.7 Å². The standard InChI is InChI=1S/C14H17N3O2/c1-2-3-8-16-14(19)11(9-15)10-17-12-6-4-5-7-13(12)18/h4-7,10,17-18H,2-3,8H2,1H3,(H,16,19)/b11-10-. The summed E-state index contributed by atoms with van der Waals surface area (Å²) >= 11 is 0. The molecule has 0 atom stereocenters. The van der Waals surface area contributed by atoms with Gasteiger partial charge in [-0.25, -0.2) is 0 Å². The van der Waals surface area contributed by atoms with Gasteiger partial charge in [-0.3, -0.25) is 4.79 Å². The number of carbonyl (C=O) groups is 1. The smallest absolute Gasteiger partial charge is 0.263 e. The number of nitrogens with zero attached hydrogens (tertiary/aromatic N) is 1. The number of carbonyl (C=O) groups excluding carboxylic acids is 1. The molecule has 0 aliphatic heterocycles. The van der Waals surface area contributed by atoms with Gasteiger partial charge in [0.05, 0.1) is 5.69 Å². The van der Waals surface area contributed by atoms with Gasteiger partial charge in [-0.05, 0) is 18.6 Å². The van der Waals surface area contributed by atoms with Gasteiger partial charge in [0.1, 0.15) is 17.4 Å². The second kappa shape index (κ2) is 7.77. The molecule has 1 aromatic carbocycles. The molecule has 0 bridgehead atoms. The predicted octanol–water partition coefficient (Wildman–Crippen LogP) is 2.13. The molecule has 1 rings (SSSR count). The zero-order valence-corrected chi connectivity index (χ0v) is 10.8. The van der Waals surface area contributed by atoms with Crippen molar-refractivity contribution in [3.63, 3.8) is 0 Å². The number of aromatic hydroxyl groups is 1. The van der Waals surface area contributed by atoms with Gasteiger partial charge in [0.2, 0.25) is 0 Å². The van der Waals surface area contributed by atoms with E-state index < -0.39 is 5.91 Å². The first kappa shape index (κ1) is 14.6. The molecule has 1 aromatic rings. The Bertz CT molecular complexity index is 504. The Balaban J connectivity index is 2.65. The number of phenols is 1. The third-order valence-corrected chi connectivity index (χ3v) is 2.46. The highest BCUT2D eigenvalue weighted by Crippen LogP contribution is 2.21. The molecule has 0 heterocycles. The summed E-state index contributed by atoms with van der Waals surface area (Å²) in [6.07, 6.45) is 3.13. The second-order valence-corrected chi connectivity index (χ2v) is 3.94. The first-order chi connectivity index (χ1) is 9.19. The Morgan fingerprint density at radius 1 is 1.47 bits per heavy atom. The minimum Gasteiger partial charge on any atom is -0.506 e. The summed E-state index contributed by atoms with van der Waals surface area (Å²) in [5.74, 6) is -0.360. The first-order valence-corrected chi connectivity index (χ1v) is 6.12. The number of benzene rings is 1. The van der Waals surface area contributed by atoms with Crippen LogP contribution in [0.3, 0.4) is 0 Å². The Labute approximate surface area is 112 Å². The number of unbranched alkanes of at least 4 members (excludes halogenated alkanes) is 1. The zero-order valence-electron chi connectivity index (χ0n) is 10.8. The van der Waals surface area contributed by atoms with Crippen molar-refractivity contribution in [2.24, 2.45) is 0 Å². The van der Waals surface area contributed by atoms with Crippen molar-refractivity contribution in [1.82, 2.24) is 5.32 Å². The fraction of sp³-hybridized carbons (Fsp3) is 0.286. The number of nitrogens with one attached hydrogen (secondary N) is 2. The second-order valence-electron chi connectivity index (χ2n) is 3.94. The van der Waals surface area contributed by atoms with E-state index in [9.17, 15) is 9.90 Å². The molecule has 5 heteroatoms. The lowest BCUT2D eigenvalue weighted by atomic mass is 10.2. The third-order valence-electron chi connectivity index (χ3n) is 2.46. The van der Waals surface area contributed by atoms with Crippen LogP contribution >= 0.6 is 0 Å². The highest BCUT2D eigenvalue weighted by molar-refractivity contribution is 5.97. The molecular formula is C14H17N3O2. The van der Waals surface area contributed by atoms with Crippen LogP contribution in [0.5, 0.6) is 5.75 Å². The normalized spacial score (nSPS) is 10.6. The molecule has 100 valence electrons. The van der Waals surface area contributed by atoms with Gasteiger partial charge in [0.15, 0.2) is 0 Å². The van der Waals surface area contributed by atoms with E-state index in [1.807, 2.05) is 13.0 Å². The van der Waals surface area contributed by atoms with Gasteiger partial charge in [0.25, 0.3) is 5.91 Å². The van der Waals surface area contributed by atoms with Crippen LogP contribution in [0.25, 0.3) is 0 Å². The van der Waals surface area contributed by atoms with Crippen LogP contribution in [0, 0.1) is 11.3 Å². The maximum atomic E-state index is 11.7. The van der Waals surface area contributed by atoms with E-state index in [1.165, 1.54) is 12.3 Å². The van der Waals surface area contributed by atoms with Crippen molar-refractivity contribution in [2.75, 3.05) is 11.9 Å². The van der Waals surface area contributed by atoms with Crippen LogP contribution in [0.1, 0.15) is 19.8 Å². The number of phenolic OH excluding ortho intramolecular Hbond substituents is 1. The Morgan fingerprint density at radius 3 is 2.84 bits per heavy atom. The lowest BCUT2D eigenvalue weighted by Gasteiger charge is -2.05. The fourth-order valence-corrected chi connectivity index (χ4v) is 1.37. The molecule has 3 N–H and O–H groups in total. The van der Waals surface area contributed by atoms with Crippen LogP contribution in [0.4, 0.5) is 5.69 Å². The maximum absolute atomic E-state index is 11.7. The third kappa shape index (κ3) is 4.72. The number of amides is 1. The zero-order chi connectivity index (χ0) is 14.1. The van der Waals surface area contributed by atoms with Gasteiger partial charge in [-0.15, -0.1) is 0 Å². The van der Waals surface area contributed by atoms with Gasteiger partial charge < -0.3 is 15.7 Å². The summed E-state index contributed by atoms with van der Waals surface area (Å²) in [6, 6.07) is 8.42. The van der Waals surface area contributed by atoms with E-state index in [1.54, 1.807) is 18.2 Å². The minimum atomic E-state index is -0.418. The van der Waals surface area contributed by atoms with Crippen LogP contribution in [-0.4, -0.2) is 17.6 Å². The van der Waals surface area contributed by atoms with Crippen molar-refractivity contribution >= 4 is 11.6 Å². The molecular weight excluding hydrogens is 242 g/mol. The average Bonchev–Trinajstić information content (AvgIpc) is 2.41. The van der Waals surface area contributed by atoms with Crippen LogP contribution in [0.15, 0.2) is 36.0 Å². The maximum Gasteiger partial charge on any atom is 0.263 e. The summed E-state index contributed by atoms with van der Waals surface area (Å²) in [4.78, 5) is 11.7. The number of rotatable bonds is 6. The highest BCUT2D eigenvalue weighted by atomic mass is 16.3. The Kier molecular flexibility index (Phi) is 5.96. The van der Waals surface area contributed by atoms with E-state index in [0.717, 1.165) is 12.8 Å². The Morgan fingerprint density at radius 2 is 2.21 bits per heavy atom. The number of hydrogen-bond acceptors (Lipinski definition) is 4. The van der Waals surface area contributed by atoms with Gasteiger partial charge >= 0.3 is 0 Å². The van der Waals surface area contributed by atoms with E-state index in [4.69, 9.17) is 5.26 Å². The van der Waals surface area contributed by atoms with Gasteiger partial charge in [-0.1, -0.05) is 25.5 Å². The number of nitriles is 1. The van der Waals surface area contributed by atoms with Crippen LogP contribution < -0.4 is 10.6 Å². The first-order valence-electron chi connectivity index (χ1n) is 6.12. The fourth-order valence-electron chi connectivity index (χ4n) is 1.37. The van der Waals surface area contributed by atoms with Crippen molar-refractivity contribution in [2.45, 2.75) is 19.8 Å². The molecule has 0 spiro atoms. The monoisotopic (exact) mass is 259 g/mol. The average molecular weight is 259 g/mol. The summed E-state index contributed by atoms with van der Waals surface area (Å²) in [7, 11) is 0. The minimum absolute atomic E-state index is 0.0284. The van der Waals surface area contributed by atoms with Crippen molar-refractivity contribution in [3.05, 3.63) is 36.0 Å². The molecule has 0 saturated carbocycles. The number of hydrogen-bond donors (Lipinski definition) is 3. The SMILES string of the molecule is CCCCNC(=O)/C(C#N)=C\Nc1ccccc1O. The number of anilines is 1. The van der Waals surface area contributed by atoms with E-state index in [0.29, 0.717) is 12.2 Å². The molecule has 0 radical (unpaired) electrons. The van der Waals surface area contributed by atoms with E-state index >= 15 is 0 Å². The van der Waals surface area contributed by atoms with E-state index in [2.05, 4.69) is 10.6 Å². The quantitative estimate of drug-likeness (QED) is 0.316. The summed E-state index contributed by atoms with van der Waals surface area (Å²) in [5.41, 5.74) is 0.413. The van der Waals surface area contributed by atoms with Crippen molar-refractivity contribution < 1.29 is 9.90 Å². The highest BCUT2D eigenvalue weighted by Gasteiger charge is 2.07. The van der Waals surface area contributed by atoms with Crippen LogP contribution in [-0.2, 0) is 4.79 Å². The molecule has 0 unspecified atom stereocenters. The number of para-hydroxylation sites is 2. The molecule has 0 aliphatic carbocycles. The molecule has 0 aliphatic rings. The lowest BCUT2D eigenvalue weighted by Crippen LogP contribution is -2.25. The molecule has 5 nitrogen and oxygen atoms in total. The largest absolute Gasteiger partial charge is 0.506 e. The Hall–Kier alpha value is -2.48. The molecule has 19 heavy (non-hydrogen) atoms. The van der Waals surface area contributed by atoms with E-state index in [-0.39, 0.29) is 11.3 Å². The molecule has 0 fully saturated rings. The van der Waals surface area contributed by atoms with Crippen molar-refractivity contribution in [1.29, 1.82) is 5.26 Å². The van der Waals surface area contributed by atoms with Crippen LogP contribution in [0.2, 0.25) is 0 Å². The molecule has 0 saturated heterocycles. The molecule has 0 aromatic heterocycles. The predicted molar refractivity (Wildman–Crippen MR) is 73.3 cm³/mol. The lowest BCUT2D eigenvalue weighted by molar-refractivity contribution is -0.117. The van der Waals surface area contributed by atoms with Gasteiger partial charge in [-0.2, -0.15) is 5.26 Å².